The minimum Gasteiger partial charge on any atom is -0.493 e. The molecule has 124 valence electrons. The lowest BCUT2D eigenvalue weighted by molar-refractivity contribution is -0.139. The fourth-order valence-corrected chi connectivity index (χ4v) is 2.42. The van der Waals surface area contributed by atoms with E-state index in [1.54, 1.807) is 0 Å². The molecule has 2 N–H and O–H groups in total. The molecule has 1 aliphatic heterocycles. The minimum atomic E-state index is -4.52. The van der Waals surface area contributed by atoms with Crippen LogP contribution in [-0.4, -0.2) is 24.9 Å². The molecule has 1 saturated carbocycles. The van der Waals surface area contributed by atoms with Gasteiger partial charge in [0.1, 0.15) is 5.75 Å². The van der Waals surface area contributed by atoms with Crippen molar-refractivity contribution in [3.63, 3.8) is 0 Å². The van der Waals surface area contributed by atoms with Gasteiger partial charge in [-0.25, -0.2) is 5.43 Å². The van der Waals surface area contributed by atoms with Gasteiger partial charge in [0.05, 0.1) is 18.7 Å². The summed E-state index contributed by atoms with van der Waals surface area (Å²) in [4.78, 5) is 11.0. The highest BCUT2D eigenvalue weighted by Crippen LogP contribution is 2.38. The summed E-state index contributed by atoms with van der Waals surface area (Å²) < 4.78 is 45.2. The van der Waals surface area contributed by atoms with Crippen molar-refractivity contribution in [3.8, 4) is 5.75 Å². The molecular formula is C15H16F3N3O2. The molecule has 2 aliphatic rings. The first-order valence-corrected chi connectivity index (χ1v) is 7.38. The Bertz CT molecular complexity index is 639. The second-order valence-corrected chi connectivity index (χ2v) is 5.67. The Morgan fingerprint density at radius 1 is 1.30 bits per heavy atom. The van der Waals surface area contributed by atoms with Crippen molar-refractivity contribution in [2.75, 3.05) is 13.2 Å². The summed E-state index contributed by atoms with van der Waals surface area (Å²) in [5.74, 6) is 0.0230. The zero-order chi connectivity index (χ0) is 16.4. The van der Waals surface area contributed by atoms with Gasteiger partial charge in [0.2, 0.25) is 0 Å². The first kappa shape index (κ1) is 15.6. The number of carbonyl (C=O) groups is 1. The summed E-state index contributed by atoms with van der Waals surface area (Å²) in [6.45, 7) is 0.276. The molecule has 23 heavy (non-hydrogen) atoms. The number of nitrogens with zero attached hydrogens (tertiary/aromatic N) is 1. The van der Waals surface area contributed by atoms with Crippen molar-refractivity contribution < 1.29 is 22.7 Å². The molecule has 0 radical (unpaired) electrons. The molecule has 0 saturated heterocycles. The van der Waals surface area contributed by atoms with E-state index < -0.39 is 11.7 Å². The molecule has 1 heterocycles. The molecule has 5 nitrogen and oxygen atoms in total. The third-order valence-electron chi connectivity index (χ3n) is 3.97. The van der Waals surface area contributed by atoms with Gasteiger partial charge in [-0.2, -0.15) is 18.3 Å². The van der Waals surface area contributed by atoms with E-state index in [1.807, 2.05) is 0 Å². The molecule has 0 unspecified atom stereocenters. The van der Waals surface area contributed by atoms with Crippen molar-refractivity contribution in [2.45, 2.75) is 25.4 Å². The van der Waals surface area contributed by atoms with E-state index in [9.17, 15) is 18.0 Å². The van der Waals surface area contributed by atoms with Crippen molar-refractivity contribution in [3.05, 3.63) is 29.3 Å². The van der Waals surface area contributed by atoms with E-state index in [1.165, 1.54) is 12.1 Å². The van der Waals surface area contributed by atoms with E-state index in [0.29, 0.717) is 12.5 Å². The average molecular weight is 327 g/mol. The summed E-state index contributed by atoms with van der Waals surface area (Å²) in [5.41, 5.74) is 1.64. The van der Waals surface area contributed by atoms with E-state index in [4.69, 9.17) is 4.74 Å². The molecule has 8 heteroatoms. The number of benzene rings is 1. The van der Waals surface area contributed by atoms with Crippen molar-refractivity contribution >= 4 is 11.7 Å². The SMILES string of the molecule is O=C1CNC(c2ccc(OCC3CCC3)c(C(F)(F)F)c2)=NN1. The summed E-state index contributed by atoms with van der Waals surface area (Å²) in [7, 11) is 0. The van der Waals surface area contributed by atoms with Crippen LogP contribution in [0.2, 0.25) is 0 Å². The molecule has 0 aromatic heterocycles. The van der Waals surface area contributed by atoms with Gasteiger partial charge in [0, 0.05) is 5.56 Å². The molecule has 0 atom stereocenters. The van der Waals surface area contributed by atoms with Crippen LogP contribution in [-0.2, 0) is 11.0 Å². The van der Waals surface area contributed by atoms with E-state index in [0.717, 1.165) is 25.3 Å². The number of hydrogen-bond donors (Lipinski definition) is 2. The lowest BCUT2D eigenvalue weighted by atomic mass is 9.86. The first-order chi connectivity index (χ1) is 10.9. The third kappa shape index (κ3) is 3.57. The Morgan fingerprint density at radius 3 is 2.65 bits per heavy atom. The van der Waals surface area contributed by atoms with Gasteiger partial charge in [-0.3, -0.25) is 4.79 Å². The molecule has 1 amide bonds. The van der Waals surface area contributed by atoms with Gasteiger partial charge in [-0.1, -0.05) is 6.42 Å². The number of rotatable bonds is 4. The molecule has 1 fully saturated rings. The number of halogens is 3. The van der Waals surface area contributed by atoms with Crippen LogP contribution in [0.15, 0.2) is 23.3 Å². The Balaban J connectivity index is 1.84. The van der Waals surface area contributed by atoms with Gasteiger partial charge in [-0.15, -0.1) is 0 Å². The van der Waals surface area contributed by atoms with Crippen LogP contribution in [0.1, 0.15) is 30.4 Å². The molecule has 1 aliphatic carbocycles. The van der Waals surface area contributed by atoms with E-state index >= 15 is 0 Å². The third-order valence-corrected chi connectivity index (χ3v) is 3.97. The molecular weight excluding hydrogens is 311 g/mol. The van der Waals surface area contributed by atoms with Crippen LogP contribution in [0.5, 0.6) is 5.75 Å². The van der Waals surface area contributed by atoms with Gasteiger partial charge < -0.3 is 10.1 Å². The van der Waals surface area contributed by atoms with Gasteiger partial charge in [-0.05, 0) is 37.0 Å². The van der Waals surface area contributed by atoms with Gasteiger partial charge in [0.25, 0.3) is 5.91 Å². The second kappa shape index (κ2) is 6.10. The maximum atomic E-state index is 13.3. The van der Waals surface area contributed by atoms with Crippen LogP contribution < -0.4 is 15.5 Å². The minimum absolute atomic E-state index is 0.0277. The summed E-state index contributed by atoms with van der Waals surface area (Å²) in [6, 6.07) is 3.78. The van der Waals surface area contributed by atoms with Gasteiger partial charge in [0.15, 0.2) is 5.84 Å². The molecule has 3 rings (SSSR count). The normalized spacial score (nSPS) is 18.6. The quantitative estimate of drug-likeness (QED) is 0.892. The maximum absolute atomic E-state index is 13.3. The van der Waals surface area contributed by atoms with Crippen molar-refractivity contribution in [1.29, 1.82) is 0 Å². The van der Waals surface area contributed by atoms with Crippen LogP contribution >= 0.6 is 0 Å². The lowest BCUT2D eigenvalue weighted by Gasteiger charge is -2.26. The number of hydrazone groups is 1. The molecule has 0 spiro atoms. The summed E-state index contributed by atoms with van der Waals surface area (Å²) >= 11 is 0. The Hall–Kier alpha value is -2.25. The smallest absolute Gasteiger partial charge is 0.419 e. The first-order valence-electron chi connectivity index (χ1n) is 7.38. The Labute approximate surface area is 130 Å². The number of amidine groups is 1. The maximum Gasteiger partial charge on any atom is 0.419 e. The molecule has 1 aromatic rings. The highest BCUT2D eigenvalue weighted by molar-refractivity contribution is 6.03. The lowest BCUT2D eigenvalue weighted by Crippen LogP contribution is -2.42. The van der Waals surface area contributed by atoms with Crippen molar-refractivity contribution in [2.24, 2.45) is 11.0 Å². The highest BCUT2D eigenvalue weighted by atomic mass is 19.4. The fraction of sp³-hybridized carbons (Fsp3) is 0.467. The molecule has 1 aromatic carbocycles. The standard InChI is InChI=1S/C15H16F3N3O2/c16-15(17,18)11-6-10(14-19-7-13(22)20-21-14)4-5-12(11)23-8-9-2-1-3-9/h4-6,9H,1-3,7-8H2,(H,19,21)(H,20,22). The van der Waals surface area contributed by atoms with Crippen LogP contribution in [0.25, 0.3) is 0 Å². The number of carbonyl (C=O) groups excluding carboxylic acids is 1. The fourth-order valence-electron chi connectivity index (χ4n) is 2.42. The average Bonchev–Trinajstić information content (AvgIpc) is 2.46. The number of amides is 1. The zero-order valence-electron chi connectivity index (χ0n) is 12.2. The zero-order valence-corrected chi connectivity index (χ0v) is 12.2. The topological polar surface area (TPSA) is 62.7 Å². The Kier molecular flexibility index (Phi) is 4.14. The predicted molar refractivity (Wildman–Crippen MR) is 77.0 cm³/mol. The Morgan fingerprint density at radius 2 is 2.09 bits per heavy atom. The number of ether oxygens (including phenoxy) is 1. The van der Waals surface area contributed by atoms with E-state index in [-0.39, 0.29) is 29.6 Å². The number of alkyl halides is 3. The van der Waals surface area contributed by atoms with Gasteiger partial charge >= 0.3 is 6.18 Å². The van der Waals surface area contributed by atoms with Crippen LogP contribution in [0, 0.1) is 5.92 Å². The molecule has 0 bridgehead atoms. The number of nitrogens with one attached hydrogen (secondary N) is 2. The monoisotopic (exact) mass is 327 g/mol. The number of hydrogen-bond acceptors (Lipinski definition) is 4. The second-order valence-electron chi connectivity index (χ2n) is 5.67. The summed E-state index contributed by atoms with van der Waals surface area (Å²) in [5, 5.41) is 6.41. The largest absolute Gasteiger partial charge is 0.493 e. The van der Waals surface area contributed by atoms with Crippen LogP contribution in [0.3, 0.4) is 0 Å². The predicted octanol–water partition coefficient (Wildman–Crippen LogP) is 2.27. The summed E-state index contributed by atoms with van der Waals surface area (Å²) in [6.07, 6.45) is -1.42. The highest BCUT2D eigenvalue weighted by Gasteiger charge is 2.35. The van der Waals surface area contributed by atoms with Crippen molar-refractivity contribution in [1.82, 2.24) is 10.7 Å². The van der Waals surface area contributed by atoms with E-state index in [2.05, 4.69) is 15.8 Å². The van der Waals surface area contributed by atoms with Crippen LogP contribution in [0.4, 0.5) is 13.2 Å².